The number of carbonyl (C=O) groups excluding carboxylic acids is 2. The summed E-state index contributed by atoms with van der Waals surface area (Å²) in [6, 6.07) is 13.6. The normalized spacial score (nSPS) is 18.8. The quantitative estimate of drug-likeness (QED) is 0.642. The predicted molar refractivity (Wildman–Crippen MR) is 111 cm³/mol. The number of thioether (sulfide) groups is 1. The first-order chi connectivity index (χ1) is 13.6. The molecular formula is C21H22ClNO4S. The van der Waals surface area contributed by atoms with Crippen molar-refractivity contribution in [3.8, 4) is 5.75 Å². The van der Waals surface area contributed by atoms with Crippen LogP contribution in [0.3, 0.4) is 0 Å². The van der Waals surface area contributed by atoms with Crippen LogP contribution in [0.1, 0.15) is 34.6 Å². The Hall–Kier alpha value is -2.18. The van der Waals surface area contributed by atoms with Gasteiger partial charge in [0.2, 0.25) is 0 Å². The maximum Gasteiger partial charge on any atom is 0.329 e. The number of hydrogen-bond acceptors (Lipinski definition) is 5. The van der Waals surface area contributed by atoms with Gasteiger partial charge in [-0.2, -0.15) is 0 Å². The second-order valence-corrected chi connectivity index (χ2v) is 7.85. The van der Waals surface area contributed by atoms with E-state index in [1.165, 1.54) is 11.8 Å². The predicted octanol–water partition coefficient (Wildman–Crippen LogP) is 4.56. The van der Waals surface area contributed by atoms with E-state index in [0.29, 0.717) is 28.7 Å². The number of hydrogen-bond donors (Lipinski definition) is 0. The van der Waals surface area contributed by atoms with Gasteiger partial charge in [0, 0.05) is 21.9 Å². The molecule has 0 spiro atoms. The van der Waals surface area contributed by atoms with Gasteiger partial charge in [0.1, 0.15) is 17.2 Å². The first kappa shape index (κ1) is 20.6. The molecule has 1 amide bonds. The molecule has 28 heavy (non-hydrogen) atoms. The van der Waals surface area contributed by atoms with E-state index in [1.807, 2.05) is 25.1 Å². The van der Waals surface area contributed by atoms with Crippen LogP contribution in [0.15, 0.2) is 48.5 Å². The second kappa shape index (κ2) is 9.34. The number of methoxy groups -OCH3 is 1. The average molecular weight is 420 g/mol. The molecule has 0 bridgehead atoms. The van der Waals surface area contributed by atoms with Gasteiger partial charge in [0.25, 0.3) is 5.91 Å². The molecule has 1 fully saturated rings. The van der Waals surface area contributed by atoms with Gasteiger partial charge in [-0.25, -0.2) is 4.79 Å². The van der Waals surface area contributed by atoms with Gasteiger partial charge < -0.3 is 14.4 Å². The number of esters is 1. The molecule has 1 aliphatic heterocycles. The summed E-state index contributed by atoms with van der Waals surface area (Å²) in [5.74, 6) is 0.496. The topological polar surface area (TPSA) is 55.8 Å². The summed E-state index contributed by atoms with van der Waals surface area (Å²) in [4.78, 5) is 27.6. The van der Waals surface area contributed by atoms with Crippen molar-refractivity contribution in [2.45, 2.75) is 24.8 Å². The second-order valence-electron chi connectivity index (χ2n) is 6.33. The Morgan fingerprint density at radius 3 is 2.54 bits per heavy atom. The van der Waals surface area contributed by atoms with Crippen LogP contribution >= 0.6 is 23.4 Å². The van der Waals surface area contributed by atoms with Gasteiger partial charge in [-0.3, -0.25) is 4.79 Å². The molecule has 2 aromatic carbocycles. The fourth-order valence-electron chi connectivity index (χ4n) is 3.03. The third-order valence-corrected chi connectivity index (χ3v) is 6.11. The van der Waals surface area contributed by atoms with Crippen molar-refractivity contribution in [3.63, 3.8) is 0 Å². The number of ether oxygens (including phenoxy) is 2. The van der Waals surface area contributed by atoms with Gasteiger partial charge in [-0.05, 0) is 36.8 Å². The van der Waals surface area contributed by atoms with Crippen LogP contribution in [-0.2, 0) is 9.53 Å². The Kier molecular flexibility index (Phi) is 6.86. The maximum atomic E-state index is 13.4. The van der Waals surface area contributed by atoms with E-state index in [-0.39, 0.29) is 17.3 Å². The molecule has 7 heteroatoms. The molecular weight excluding hydrogens is 398 g/mol. The molecule has 148 valence electrons. The smallest absolute Gasteiger partial charge is 0.329 e. The highest BCUT2D eigenvalue weighted by atomic mass is 35.5. The molecule has 1 heterocycles. The van der Waals surface area contributed by atoms with E-state index in [2.05, 4.69) is 0 Å². The van der Waals surface area contributed by atoms with E-state index < -0.39 is 6.04 Å². The molecule has 3 rings (SSSR count). The van der Waals surface area contributed by atoms with Crippen molar-refractivity contribution >= 4 is 35.2 Å². The Bertz CT molecular complexity index is 843. The van der Waals surface area contributed by atoms with Crippen LogP contribution in [0.2, 0.25) is 5.02 Å². The summed E-state index contributed by atoms with van der Waals surface area (Å²) in [5, 5.41) is 0.206. The van der Waals surface area contributed by atoms with E-state index in [1.54, 1.807) is 42.3 Å². The van der Waals surface area contributed by atoms with E-state index in [4.69, 9.17) is 21.1 Å². The minimum atomic E-state index is -0.660. The molecule has 1 aliphatic rings. The zero-order chi connectivity index (χ0) is 20.1. The molecule has 1 saturated heterocycles. The van der Waals surface area contributed by atoms with Gasteiger partial charge in [0.15, 0.2) is 0 Å². The minimum Gasteiger partial charge on any atom is -0.497 e. The lowest BCUT2D eigenvalue weighted by atomic mass is 10.1. The zero-order valence-electron chi connectivity index (χ0n) is 15.8. The monoisotopic (exact) mass is 419 g/mol. The van der Waals surface area contributed by atoms with Crippen LogP contribution in [0, 0.1) is 0 Å². The minimum absolute atomic E-state index is 0.240. The lowest BCUT2D eigenvalue weighted by Crippen LogP contribution is -2.44. The summed E-state index contributed by atoms with van der Waals surface area (Å²) in [6.45, 7) is 2.27. The van der Waals surface area contributed by atoms with Crippen molar-refractivity contribution in [1.82, 2.24) is 4.90 Å². The first-order valence-corrected chi connectivity index (χ1v) is 10.5. The summed E-state index contributed by atoms with van der Waals surface area (Å²) < 4.78 is 10.5. The van der Waals surface area contributed by atoms with Crippen molar-refractivity contribution in [2.24, 2.45) is 0 Å². The highest BCUT2D eigenvalue weighted by molar-refractivity contribution is 7.99. The standard InChI is InChI=1S/C21H22ClNO4S/c1-3-12-27-21(25)18-13-28-20(16-6-4-5-7-17(16)22)23(18)19(24)14-8-10-15(26-2)11-9-14/h4-11,18,20H,3,12-13H2,1-2H3/t18-,20-/m1/s1. The molecule has 0 N–H and O–H groups in total. The molecule has 0 radical (unpaired) electrons. The summed E-state index contributed by atoms with van der Waals surface area (Å²) in [7, 11) is 1.57. The van der Waals surface area contributed by atoms with E-state index >= 15 is 0 Å². The maximum absolute atomic E-state index is 13.4. The Morgan fingerprint density at radius 2 is 1.89 bits per heavy atom. The van der Waals surface area contributed by atoms with Crippen LogP contribution in [0.5, 0.6) is 5.75 Å². The Balaban J connectivity index is 1.95. The van der Waals surface area contributed by atoms with Crippen molar-refractivity contribution < 1.29 is 19.1 Å². The van der Waals surface area contributed by atoms with Gasteiger partial charge in [-0.1, -0.05) is 36.7 Å². The summed E-state index contributed by atoms with van der Waals surface area (Å²) in [6.07, 6.45) is 0.728. The highest BCUT2D eigenvalue weighted by Crippen LogP contribution is 2.44. The van der Waals surface area contributed by atoms with Crippen molar-refractivity contribution in [2.75, 3.05) is 19.5 Å². The SMILES string of the molecule is CCCOC(=O)[C@H]1CS[C@H](c2ccccc2Cl)N1C(=O)c1ccc(OC)cc1. The fraction of sp³-hybridized carbons (Fsp3) is 0.333. The fourth-order valence-corrected chi connectivity index (χ4v) is 4.79. The van der Waals surface area contributed by atoms with Crippen LogP contribution in [0.25, 0.3) is 0 Å². The molecule has 0 aliphatic carbocycles. The highest BCUT2D eigenvalue weighted by Gasteiger charge is 2.44. The van der Waals surface area contributed by atoms with E-state index in [0.717, 1.165) is 12.0 Å². The van der Waals surface area contributed by atoms with E-state index in [9.17, 15) is 9.59 Å². The molecule has 5 nitrogen and oxygen atoms in total. The average Bonchev–Trinajstić information content (AvgIpc) is 3.16. The van der Waals surface area contributed by atoms with Crippen molar-refractivity contribution in [3.05, 3.63) is 64.7 Å². The molecule has 2 aromatic rings. The number of benzene rings is 2. The lowest BCUT2D eigenvalue weighted by molar-refractivity contribution is -0.148. The first-order valence-electron chi connectivity index (χ1n) is 9.06. The summed E-state index contributed by atoms with van der Waals surface area (Å²) >= 11 is 7.90. The third kappa shape index (κ3) is 4.28. The molecule has 2 atom stereocenters. The van der Waals surface area contributed by atoms with Crippen LogP contribution < -0.4 is 4.74 Å². The van der Waals surface area contributed by atoms with Crippen molar-refractivity contribution in [1.29, 1.82) is 0 Å². The lowest BCUT2D eigenvalue weighted by Gasteiger charge is -2.29. The number of halogens is 1. The third-order valence-electron chi connectivity index (χ3n) is 4.46. The summed E-state index contributed by atoms with van der Waals surface area (Å²) in [5.41, 5.74) is 1.29. The largest absolute Gasteiger partial charge is 0.497 e. The van der Waals surface area contributed by atoms with Crippen LogP contribution in [-0.4, -0.2) is 42.3 Å². The molecule has 0 unspecified atom stereocenters. The van der Waals surface area contributed by atoms with Gasteiger partial charge in [-0.15, -0.1) is 11.8 Å². The number of nitrogens with zero attached hydrogens (tertiary/aromatic N) is 1. The van der Waals surface area contributed by atoms with Gasteiger partial charge in [0.05, 0.1) is 13.7 Å². The number of rotatable bonds is 6. The Morgan fingerprint density at radius 1 is 1.18 bits per heavy atom. The zero-order valence-corrected chi connectivity index (χ0v) is 17.3. The van der Waals surface area contributed by atoms with Gasteiger partial charge >= 0.3 is 5.97 Å². The number of amides is 1. The number of carbonyl (C=O) groups is 2. The molecule has 0 aromatic heterocycles. The Labute approximate surface area is 174 Å². The molecule has 0 saturated carbocycles. The van der Waals surface area contributed by atoms with Crippen LogP contribution in [0.4, 0.5) is 0 Å².